The van der Waals surface area contributed by atoms with Crippen LogP contribution in [-0.2, 0) is 0 Å². The lowest BCUT2D eigenvalue weighted by Gasteiger charge is -2.17. The first-order chi connectivity index (χ1) is 9.15. The number of hydrogen-bond acceptors (Lipinski definition) is 2. The SMILES string of the molecule is C[C@H](NCCCN1CCCC1)c1cc(F)cc(F)c1. The Morgan fingerprint density at radius 2 is 1.79 bits per heavy atom. The third-order valence-electron chi connectivity index (χ3n) is 3.69. The number of rotatable bonds is 6. The molecule has 1 saturated heterocycles. The predicted molar refractivity (Wildman–Crippen MR) is 73.1 cm³/mol. The van der Waals surface area contributed by atoms with Crippen LogP contribution in [0.4, 0.5) is 8.78 Å². The molecule has 1 heterocycles. The second-order valence-corrected chi connectivity index (χ2v) is 5.28. The second kappa shape index (κ2) is 6.96. The van der Waals surface area contributed by atoms with Crippen molar-refractivity contribution in [3.8, 4) is 0 Å². The van der Waals surface area contributed by atoms with Crippen LogP contribution in [0.1, 0.15) is 37.8 Å². The van der Waals surface area contributed by atoms with Crippen LogP contribution in [0, 0.1) is 11.6 Å². The normalized spacial score (nSPS) is 17.8. The predicted octanol–water partition coefficient (Wildman–Crippen LogP) is 3.10. The highest BCUT2D eigenvalue weighted by Crippen LogP contribution is 2.16. The summed E-state index contributed by atoms with van der Waals surface area (Å²) < 4.78 is 26.2. The molecule has 1 aromatic carbocycles. The first kappa shape index (κ1) is 14.4. The number of hydrogen-bond donors (Lipinski definition) is 1. The van der Waals surface area contributed by atoms with Gasteiger partial charge in [-0.3, -0.25) is 0 Å². The van der Waals surface area contributed by atoms with E-state index in [2.05, 4.69) is 10.2 Å². The van der Waals surface area contributed by atoms with Gasteiger partial charge in [-0.1, -0.05) is 0 Å². The van der Waals surface area contributed by atoms with Gasteiger partial charge in [-0.25, -0.2) is 8.78 Å². The maximum atomic E-state index is 13.1. The van der Waals surface area contributed by atoms with Gasteiger partial charge in [-0.05, 0) is 70.1 Å². The van der Waals surface area contributed by atoms with Crippen molar-refractivity contribution in [3.05, 3.63) is 35.4 Å². The van der Waals surface area contributed by atoms with Gasteiger partial charge in [0.15, 0.2) is 0 Å². The van der Waals surface area contributed by atoms with Crippen LogP contribution in [-0.4, -0.2) is 31.1 Å². The molecular formula is C15H22F2N2. The standard InChI is InChI=1S/C15H22F2N2/c1-12(13-9-14(16)11-15(17)10-13)18-5-4-8-19-6-2-3-7-19/h9-12,18H,2-8H2,1H3/t12-/m0/s1. The fraction of sp³-hybridized carbons (Fsp3) is 0.600. The van der Waals surface area contributed by atoms with Crippen molar-refractivity contribution in [1.29, 1.82) is 0 Å². The molecule has 1 aliphatic heterocycles. The molecule has 1 aromatic rings. The van der Waals surface area contributed by atoms with Crippen LogP contribution in [0.25, 0.3) is 0 Å². The van der Waals surface area contributed by atoms with E-state index in [9.17, 15) is 8.78 Å². The van der Waals surface area contributed by atoms with Gasteiger partial charge >= 0.3 is 0 Å². The van der Waals surface area contributed by atoms with Crippen LogP contribution in [0.15, 0.2) is 18.2 Å². The Morgan fingerprint density at radius 1 is 1.16 bits per heavy atom. The summed E-state index contributed by atoms with van der Waals surface area (Å²) in [5.41, 5.74) is 0.665. The minimum Gasteiger partial charge on any atom is -0.310 e. The fourth-order valence-electron chi connectivity index (χ4n) is 2.57. The average Bonchev–Trinajstić information content (AvgIpc) is 2.86. The van der Waals surface area contributed by atoms with E-state index in [1.807, 2.05) is 6.92 Å². The summed E-state index contributed by atoms with van der Waals surface area (Å²) >= 11 is 0. The van der Waals surface area contributed by atoms with E-state index in [-0.39, 0.29) is 6.04 Å². The number of nitrogens with zero attached hydrogens (tertiary/aromatic N) is 1. The van der Waals surface area contributed by atoms with Gasteiger partial charge in [0.2, 0.25) is 0 Å². The molecule has 19 heavy (non-hydrogen) atoms. The van der Waals surface area contributed by atoms with Gasteiger partial charge in [-0.2, -0.15) is 0 Å². The van der Waals surface area contributed by atoms with Crippen molar-refractivity contribution in [2.24, 2.45) is 0 Å². The largest absolute Gasteiger partial charge is 0.310 e. The number of benzene rings is 1. The topological polar surface area (TPSA) is 15.3 Å². The maximum absolute atomic E-state index is 13.1. The third kappa shape index (κ3) is 4.55. The molecule has 1 aliphatic rings. The molecule has 0 saturated carbocycles. The molecule has 0 spiro atoms. The molecule has 0 aliphatic carbocycles. The Hall–Kier alpha value is -1.00. The average molecular weight is 268 g/mol. The number of halogens is 2. The first-order valence-electron chi connectivity index (χ1n) is 7.07. The molecule has 2 rings (SSSR count). The monoisotopic (exact) mass is 268 g/mol. The summed E-state index contributed by atoms with van der Waals surface area (Å²) in [5, 5.41) is 3.32. The summed E-state index contributed by atoms with van der Waals surface area (Å²) in [6.07, 6.45) is 3.70. The van der Waals surface area contributed by atoms with Crippen molar-refractivity contribution >= 4 is 0 Å². The molecular weight excluding hydrogens is 246 g/mol. The Morgan fingerprint density at radius 3 is 2.42 bits per heavy atom. The lowest BCUT2D eigenvalue weighted by Crippen LogP contribution is -2.26. The molecule has 0 bridgehead atoms. The van der Waals surface area contributed by atoms with E-state index in [1.165, 1.54) is 38.1 Å². The number of likely N-dealkylation sites (tertiary alicyclic amines) is 1. The van der Waals surface area contributed by atoms with Gasteiger partial charge in [0.05, 0.1) is 0 Å². The van der Waals surface area contributed by atoms with Crippen molar-refractivity contribution in [2.45, 2.75) is 32.2 Å². The molecule has 1 N–H and O–H groups in total. The molecule has 0 radical (unpaired) electrons. The molecule has 2 nitrogen and oxygen atoms in total. The van der Waals surface area contributed by atoms with Crippen molar-refractivity contribution in [2.75, 3.05) is 26.2 Å². The zero-order valence-corrected chi connectivity index (χ0v) is 11.5. The zero-order valence-electron chi connectivity index (χ0n) is 11.5. The highest BCUT2D eigenvalue weighted by Gasteiger charge is 2.11. The lowest BCUT2D eigenvalue weighted by molar-refractivity contribution is 0.328. The smallest absolute Gasteiger partial charge is 0.126 e. The van der Waals surface area contributed by atoms with Crippen molar-refractivity contribution < 1.29 is 8.78 Å². The van der Waals surface area contributed by atoms with Crippen LogP contribution in [0.3, 0.4) is 0 Å². The van der Waals surface area contributed by atoms with E-state index >= 15 is 0 Å². The summed E-state index contributed by atoms with van der Waals surface area (Å²) in [6, 6.07) is 3.66. The molecule has 4 heteroatoms. The summed E-state index contributed by atoms with van der Waals surface area (Å²) in [6.45, 7) is 6.34. The Balaban J connectivity index is 1.72. The molecule has 1 fully saturated rings. The molecule has 0 amide bonds. The van der Waals surface area contributed by atoms with Gasteiger partial charge < -0.3 is 10.2 Å². The lowest BCUT2D eigenvalue weighted by atomic mass is 10.1. The maximum Gasteiger partial charge on any atom is 0.126 e. The Bertz CT molecular complexity index is 383. The first-order valence-corrected chi connectivity index (χ1v) is 7.07. The van der Waals surface area contributed by atoms with E-state index in [0.29, 0.717) is 5.56 Å². The fourth-order valence-corrected chi connectivity index (χ4v) is 2.57. The van der Waals surface area contributed by atoms with Crippen molar-refractivity contribution in [1.82, 2.24) is 10.2 Å². The molecule has 1 atom stereocenters. The van der Waals surface area contributed by atoms with Gasteiger partial charge in [0.25, 0.3) is 0 Å². The number of nitrogens with one attached hydrogen (secondary N) is 1. The van der Waals surface area contributed by atoms with Gasteiger partial charge in [0.1, 0.15) is 11.6 Å². The van der Waals surface area contributed by atoms with Crippen LogP contribution in [0.5, 0.6) is 0 Å². The van der Waals surface area contributed by atoms with Crippen LogP contribution < -0.4 is 5.32 Å². The van der Waals surface area contributed by atoms with Gasteiger partial charge in [0, 0.05) is 12.1 Å². The Kier molecular flexibility index (Phi) is 5.28. The zero-order chi connectivity index (χ0) is 13.7. The Labute approximate surface area is 113 Å². The van der Waals surface area contributed by atoms with Crippen LogP contribution in [0.2, 0.25) is 0 Å². The van der Waals surface area contributed by atoms with E-state index < -0.39 is 11.6 Å². The quantitative estimate of drug-likeness (QED) is 0.798. The van der Waals surface area contributed by atoms with E-state index in [4.69, 9.17) is 0 Å². The van der Waals surface area contributed by atoms with Gasteiger partial charge in [-0.15, -0.1) is 0 Å². The summed E-state index contributed by atoms with van der Waals surface area (Å²) in [4.78, 5) is 2.47. The summed E-state index contributed by atoms with van der Waals surface area (Å²) in [5.74, 6) is -1.03. The molecule has 0 unspecified atom stereocenters. The van der Waals surface area contributed by atoms with E-state index in [0.717, 1.165) is 25.6 Å². The second-order valence-electron chi connectivity index (χ2n) is 5.28. The van der Waals surface area contributed by atoms with Crippen molar-refractivity contribution in [3.63, 3.8) is 0 Å². The summed E-state index contributed by atoms with van der Waals surface area (Å²) in [7, 11) is 0. The highest BCUT2D eigenvalue weighted by atomic mass is 19.1. The van der Waals surface area contributed by atoms with Crippen LogP contribution >= 0.6 is 0 Å². The minimum atomic E-state index is -0.513. The minimum absolute atomic E-state index is 0.0243. The highest BCUT2D eigenvalue weighted by molar-refractivity contribution is 5.20. The third-order valence-corrected chi connectivity index (χ3v) is 3.69. The molecule has 106 valence electrons. The molecule has 0 aromatic heterocycles. The van der Waals surface area contributed by atoms with E-state index in [1.54, 1.807) is 0 Å².